The summed E-state index contributed by atoms with van der Waals surface area (Å²) in [7, 11) is -2.48. The highest BCUT2D eigenvalue weighted by Crippen LogP contribution is 2.25. The molecule has 0 radical (unpaired) electrons. The van der Waals surface area contributed by atoms with E-state index in [-0.39, 0.29) is 21.9 Å². The van der Waals surface area contributed by atoms with Crippen LogP contribution in [0.5, 0.6) is 5.75 Å². The molecule has 3 rings (SSSR count). The van der Waals surface area contributed by atoms with Crippen LogP contribution in [-0.2, 0) is 14.8 Å². The van der Waals surface area contributed by atoms with Crippen molar-refractivity contribution in [1.29, 1.82) is 0 Å². The molecule has 0 heterocycles. The number of ether oxygens (including phenoxy) is 1. The van der Waals surface area contributed by atoms with Crippen molar-refractivity contribution >= 4 is 39.0 Å². The van der Waals surface area contributed by atoms with Gasteiger partial charge in [0.05, 0.1) is 23.7 Å². The van der Waals surface area contributed by atoms with Crippen molar-refractivity contribution < 1.29 is 22.7 Å². The van der Waals surface area contributed by atoms with E-state index < -0.39 is 22.0 Å². The van der Waals surface area contributed by atoms with E-state index in [1.807, 2.05) is 0 Å². The lowest BCUT2D eigenvalue weighted by Crippen LogP contribution is -2.41. The number of hydrogen-bond donors (Lipinski definition) is 2. The highest BCUT2D eigenvalue weighted by Gasteiger charge is 2.24. The number of carbonyl (C=O) groups excluding carboxylic acids is 2. The van der Waals surface area contributed by atoms with Gasteiger partial charge in [-0.05, 0) is 55.8 Å². The van der Waals surface area contributed by atoms with Gasteiger partial charge in [-0.1, -0.05) is 41.9 Å². The summed E-state index contributed by atoms with van der Waals surface area (Å²) in [6.07, 6.45) is 0. The van der Waals surface area contributed by atoms with Gasteiger partial charge >= 0.3 is 0 Å². The fourth-order valence-electron chi connectivity index (χ4n) is 3.17. The van der Waals surface area contributed by atoms with Gasteiger partial charge in [-0.25, -0.2) is 8.42 Å². The van der Waals surface area contributed by atoms with E-state index in [1.165, 1.54) is 44.4 Å². The quantitative estimate of drug-likeness (QED) is 0.465. The Kier molecular flexibility index (Phi) is 7.53. The predicted octanol–water partition coefficient (Wildman–Crippen LogP) is 4.19. The second-order valence-electron chi connectivity index (χ2n) is 7.35. The van der Waals surface area contributed by atoms with Gasteiger partial charge in [0.2, 0.25) is 15.9 Å². The van der Waals surface area contributed by atoms with E-state index in [9.17, 15) is 18.0 Å². The van der Waals surface area contributed by atoms with Crippen molar-refractivity contribution in [2.45, 2.75) is 24.8 Å². The van der Waals surface area contributed by atoms with Crippen LogP contribution in [0, 0.1) is 6.92 Å². The molecule has 1 amide bonds. The maximum atomic E-state index is 12.9. The van der Waals surface area contributed by atoms with E-state index in [4.69, 9.17) is 16.3 Å². The molecule has 0 fully saturated rings. The van der Waals surface area contributed by atoms with Crippen LogP contribution in [0.2, 0.25) is 5.02 Å². The van der Waals surface area contributed by atoms with Crippen molar-refractivity contribution in [1.82, 2.24) is 4.72 Å². The van der Waals surface area contributed by atoms with Crippen molar-refractivity contribution in [2.75, 3.05) is 12.4 Å². The first-order valence-corrected chi connectivity index (χ1v) is 11.9. The van der Waals surface area contributed by atoms with E-state index in [2.05, 4.69) is 10.0 Å². The molecular formula is C24H23ClN2O5S. The molecule has 0 unspecified atom stereocenters. The number of anilines is 1. The Morgan fingerprint density at radius 2 is 1.70 bits per heavy atom. The lowest BCUT2D eigenvalue weighted by molar-refractivity contribution is -0.117. The zero-order valence-corrected chi connectivity index (χ0v) is 19.8. The fraction of sp³-hybridized carbons (Fsp3) is 0.167. The molecule has 3 aromatic carbocycles. The summed E-state index contributed by atoms with van der Waals surface area (Å²) in [5.74, 6) is -0.401. The summed E-state index contributed by atoms with van der Waals surface area (Å²) in [6, 6.07) is 16.3. The van der Waals surface area contributed by atoms with Gasteiger partial charge in [-0.3, -0.25) is 9.59 Å². The normalized spacial score (nSPS) is 12.1. The first kappa shape index (κ1) is 24.4. The molecule has 7 nitrogen and oxygen atoms in total. The Balaban J connectivity index is 1.80. The van der Waals surface area contributed by atoms with E-state index in [1.54, 1.807) is 43.3 Å². The summed E-state index contributed by atoms with van der Waals surface area (Å²) in [4.78, 5) is 25.7. The number of carbonyl (C=O) groups is 2. The molecular weight excluding hydrogens is 464 g/mol. The second kappa shape index (κ2) is 10.2. The Morgan fingerprint density at radius 1 is 1.00 bits per heavy atom. The Bertz CT molecular complexity index is 1290. The molecule has 33 heavy (non-hydrogen) atoms. The summed E-state index contributed by atoms with van der Waals surface area (Å²) in [5, 5.41) is 2.96. The SMILES string of the molecule is COc1ccc(S(=O)(=O)N[C@H](C)C(=O)Nc2ccc(Cl)cc2C(=O)c2ccccc2)cc1C. The number of amides is 1. The van der Waals surface area contributed by atoms with Crippen LogP contribution in [0.1, 0.15) is 28.4 Å². The summed E-state index contributed by atoms with van der Waals surface area (Å²) < 4.78 is 33.0. The topological polar surface area (TPSA) is 102 Å². The van der Waals surface area contributed by atoms with Crippen LogP contribution in [0.25, 0.3) is 0 Å². The van der Waals surface area contributed by atoms with Crippen LogP contribution < -0.4 is 14.8 Å². The second-order valence-corrected chi connectivity index (χ2v) is 9.50. The minimum absolute atomic E-state index is 0.00638. The predicted molar refractivity (Wildman–Crippen MR) is 127 cm³/mol. The average Bonchev–Trinajstić information content (AvgIpc) is 2.79. The maximum absolute atomic E-state index is 12.9. The van der Waals surface area contributed by atoms with Gasteiger partial charge in [0, 0.05) is 16.1 Å². The highest BCUT2D eigenvalue weighted by atomic mass is 35.5. The van der Waals surface area contributed by atoms with Crippen molar-refractivity contribution in [2.24, 2.45) is 0 Å². The van der Waals surface area contributed by atoms with E-state index in [0.717, 1.165) is 0 Å². The van der Waals surface area contributed by atoms with Crippen LogP contribution in [-0.4, -0.2) is 33.3 Å². The third-order valence-corrected chi connectivity index (χ3v) is 6.70. The van der Waals surface area contributed by atoms with Crippen LogP contribution >= 0.6 is 11.6 Å². The highest BCUT2D eigenvalue weighted by molar-refractivity contribution is 7.89. The molecule has 2 N–H and O–H groups in total. The summed E-state index contributed by atoms with van der Waals surface area (Å²) in [6.45, 7) is 3.14. The number of rotatable bonds is 8. The molecule has 0 spiro atoms. The number of methoxy groups -OCH3 is 1. The molecule has 1 atom stereocenters. The van der Waals surface area contributed by atoms with Gasteiger partial charge in [0.15, 0.2) is 5.78 Å². The average molecular weight is 487 g/mol. The third-order valence-electron chi connectivity index (χ3n) is 4.92. The number of halogens is 1. The van der Waals surface area contributed by atoms with Gasteiger partial charge in [-0.2, -0.15) is 4.72 Å². The van der Waals surface area contributed by atoms with Gasteiger partial charge < -0.3 is 10.1 Å². The van der Waals surface area contributed by atoms with Crippen LogP contribution in [0.15, 0.2) is 71.6 Å². The van der Waals surface area contributed by atoms with E-state index in [0.29, 0.717) is 21.9 Å². The van der Waals surface area contributed by atoms with Crippen molar-refractivity contribution in [3.05, 3.63) is 88.4 Å². The number of aryl methyl sites for hydroxylation is 1. The molecule has 9 heteroatoms. The lowest BCUT2D eigenvalue weighted by Gasteiger charge is -2.17. The smallest absolute Gasteiger partial charge is 0.242 e. The lowest BCUT2D eigenvalue weighted by atomic mass is 10.0. The molecule has 0 aromatic heterocycles. The first-order chi connectivity index (χ1) is 15.6. The molecule has 0 aliphatic carbocycles. The minimum atomic E-state index is -3.97. The first-order valence-electron chi connectivity index (χ1n) is 9.99. The fourth-order valence-corrected chi connectivity index (χ4v) is 4.63. The Hall–Kier alpha value is -3.20. The standard InChI is InChI=1S/C24H23ClN2O5S/c1-15-13-19(10-12-22(15)32-3)33(30,31)27-16(2)24(29)26-21-11-9-18(25)14-20(21)23(28)17-7-5-4-6-8-17/h4-14,16,27H,1-3H3,(H,26,29)/t16-/m1/s1. The molecule has 172 valence electrons. The molecule has 0 aliphatic heterocycles. The van der Waals surface area contributed by atoms with Crippen LogP contribution in [0.4, 0.5) is 5.69 Å². The minimum Gasteiger partial charge on any atom is -0.496 e. The van der Waals surface area contributed by atoms with E-state index >= 15 is 0 Å². The molecule has 3 aromatic rings. The van der Waals surface area contributed by atoms with Crippen LogP contribution in [0.3, 0.4) is 0 Å². The molecule has 0 saturated carbocycles. The number of ketones is 1. The van der Waals surface area contributed by atoms with Crippen molar-refractivity contribution in [3.63, 3.8) is 0 Å². The Labute approximate surface area is 197 Å². The molecule has 0 saturated heterocycles. The van der Waals surface area contributed by atoms with Gasteiger partial charge in [-0.15, -0.1) is 0 Å². The van der Waals surface area contributed by atoms with Gasteiger partial charge in [0.25, 0.3) is 0 Å². The third kappa shape index (κ3) is 5.78. The molecule has 0 aliphatic rings. The monoisotopic (exact) mass is 486 g/mol. The van der Waals surface area contributed by atoms with Gasteiger partial charge in [0.1, 0.15) is 5.75 Å². The summed E-state index contributed by atoms with van der Waals surface area (Å²) >= 11 is 6.07. The molecule has 0 bridgehead atoms. The number of sulfonamides is 1. The largest absolute Gasteiger partial charge is 0.496 e. The number of hydrogen-bond acceptors (Lipinski definition) is 5. The number of nitrogens with one attached hydrogen (secondary N) is 2. The summed E-state index contributed by atoms with van der Waals surface area (Å²) in [5.41, 5.74) is 1.49. The zero-order chi connectivity index (χ0) is 24.2. The zero-order valence-electron chi connectivity index (χ0n) is 18.3. The van der Waals surface area contributed by atoms with Crippen molar-refractivity contribution in [3.8, 4) is 5.75 Å². The number of benzene rings is 3. The Morgan fingerprint density at radius 3 is 2.33 bits per heavy atom. The maximum Gasteiger partial charge on any atom is 0.242 e.